The van der Waals surface area contributed by atoms with Crippen molar-refractivity contribution < 1.29 is 13.3 Å². The molecule has 0 aliphatic heterocycles. The van der Waals surface area contributed by atoms with Gasteiger partial charge < -0.3 is 19.0 Å². The Morgan fingerprint density at radius 3 is 1.50 bits per heavy atom. The third kappa shape index (κ3) is 13.1. The zero-order chi connectivity index (χ0) is 15.9. The molecule has 0 aromatic heterocycles. The van der Waals surface area contributed by atoms with E-state index in [1.165, 1.54) is 19.3 Å². The highest BCUT2D eigenvalue weighted by Crippen LogP contribution is 2.17. The molecule has 0 bridgehead atoms. The Labute approximate surface area is 127 Å². The summed E-state index contributed by atoms with van der Waals surface area (Å²) in [7, 11) is -2.30. The number of nitrogens with two attached hydrogens (primary N) is 1. The van der Waals surface area contributed by atoms with E-state index in [0.29, 0.717) is 25.9 Å². The van der Waals surface area contributed by atoms with Crippen molar-refractivity contribution in [2.45, 2.75) is 79.3 Å². The zero-order valence-corrected chi connectivity index (χ0v) is 15.5. The lowest BCUT2D eigenvalue weighted by Gasteiger charge is -2.27. The van der Waals surface area contributed by atoms with Gasteiger partial charge in [-0.15, -0.1) is 0 Å². The largest absolute Gasteiger partial charge is 0.500 e. The van der Waals surface area contributed by atoms with Gasteiger partial charge in [-0.3, -0.25) is 0 Å². The molecule has 0 rings (SSSR count). The first-order valence-electron chi connectivity index (χ1n) is 8.19. The van der Waals surface area contributed by atoms with Crippen LogP contribution in [0.4, 0.5) is 0 Å². The summed E-state index contributed by atoms with van der Waals surface area (Å²) in [4.78, 5) is 0. The zero-order valence-electron chi connectivity index (χ0n) is 14.5. The lowest BCUT2D eigenvalue weighted by molar-refractivity contribution is 0.0712. The molecule has 0 saturated carbocycles. The summed E-state index contributed by atoms with van der Waals surface area (Å²) < 4.78 is 16.9. The Kier molecular flexibility index (Phi) is 17.3. The van der Waals surface area contributed by atoms with Crippen LogP contribution in [-0.4, -0.2) is 34.7 Å². The molecule has 1 unspecified atom stereocenters. The summed E-state index contributed by atoms with van der Waals surface area (Å²) in [5, 5.41) is 0. The lowest BCUT2D eigenvalue weighted by Crippen LogP contribution is -2.45. The topological polar surface area (TPSA) is 53.7 Å². The van der Waals surface area contributed by atoms with Crippen molar-refractivity contribution >= 4 is 8.80 Å². The number of hydrogen-bond donors (Lipinski definition) is 1. The molecular formula is C15H37NO3Si. The highest BCUT2D eigenvalue weighted by Gasteiger charge is 2.38. The second kappa shape index (κ2) is 15.4. The van der Waals surface area contributed by atoms with Gasteiger partial charge in [0.15, 0.2) is 0 Å². The Balaban J connectivity index is 0. The van der Waals surface area contributed by atoms with Crippen molar-refractivity contribution in [3.63, 3.8) is 0 Å². The molecule has 2 N–H and O–H groups in total. The summed E-state index contributed by atoms with van der Waals surface area (Å²) in [5.74, 6) is 0. The van der Waals surface area contributed by atoms with E-state index in [0.717, 1.165) is 12.5 Å². The van der Waals surface area contributed by atoms with Crippen molar-refractivity contribution in [1.82, 2.24) is 0 Å². The maximum absolute atomic E-state index is 5.65. The molecule has 0 spiro atoms. The van der Waals surface area contributed by atoms with Crippen LogP contribution in [0.5, 0.6) is 0 Å². The van der Waals surface area contributed by atoms with Crippen LogP contribution in [0.15, 0.2) is 0 Å². The molecule has 0 heterocycles. The highest BCUT2D eigenvalue weighted by atomic mass is 28.4. The van der Waals surface area contributed by atoms with Crippen LogP contribution < -0.4 is 5.73 Å². The summed E-state index contributed by atoms with van der Waals surface area (Å²) in [5.41, 5.74) is 5.48. The van der Waals surface area contributed by atoms with Crippen LogP contribution >= 0.6 is 0 Å². The molecule has 0 fully saturated rings. The first kappa shape index (κ1) is 22.3. The second-order valence-electron chi connectivity index (χ2n) is 4.85. The van der Waals surface area contributed by atoms with Crippen LogP contribution in [-0.2, 0) is 13.3 Å². The Morgan fingerprint density at radius 1 is 0.850 bits per heavy atom. The first-order chi connectivity index (χ1) is 9.51. The number of rotatable bonds is 11. The Hall–Kier alpha value is 0.0569. The number of hydrogen-bond acceptors (Lipinski definition) is 4. The Bertz CT molecular complexity index is 162. The summed E-state index contributed by atoms with van der Waals surface area (Å²) >= 11 is 0. The van der Waals surface area contributed by atoms with Gasteiger partial charge in [0.25, 0.3) is 0 Å². The SMILES string of the molecule is CCCCC(C)N.CCC[Si](OCC)(OCC)OCC. The van der Waals surface area contributed by atoms with Crippen molar-refractivity contribution in [2.24, 2.45) is 5.73 Å². The van der Waals surface area contributed by atoms with Crippen LogP contribution in [0.1, 0.15) is 67.2 Å². The molecule has 0 aliphatic rings. The van der Waals surface area contributed by atoms with E-state index in [-0.39, 0.29) is 0 Å². The normalized spacial score (nSPS) is 12.8. The van der Waals surface area contributed by atoms with Crippen molar-refractivity contribution in [2.75, 3.05) is 19.8 Å². The van der Waals surface area contributed by atoms with Gasteiger partial charge in [0.1, 0.15) is 0 Å². The molecule has 20 heavy (non-hydrogen) atoms. The average Bonchev–Trinajstić information content (AvgIpc) is 2.38. The van der Waals surface area contributed by atoms with Gasteiger partial charge in [-0.1, -0.05) is 33.1 Å². The monoisotopic (exact) mass is 307 g/mol. The van der Waals surface area contributed by atoms with Gasteiger partial charge in [-0.25, -0.2) is 0 Å². The van der Waals surface area contributed by atoms with Gasteiger partial charge in [0.05, 0.1) is 0 Å². The van der Waals surface area contributed by atoms with Gasteiger partial charge in [-0.2, -0.15) is 0 Å². The van der Waals surface area contributed by atoms with Crippen LogP contribution in [0.3, 0.4) is 0 Å². The molecule has 0 saturated heterocycles. The van der Waals surface area contributed by atoms with Gasteiger partial charge >= 0.3 is 8.80 Å². The quantitative estimate of drug-likeness (QED) is 0.587. The smallest absolute Gasteiger partial charge is 0.374 e. The molecule has 0 amide bonds. The maximum Gasteiger partial charge on any atom is 0.500 e. The Morgan fingerprint density at radius 2 is 1.30 bits per heavy atom. The molecule has 0 radical (unpaired) electrons. The first-order valence-corrected chi connectivity index (χ1v) is 10.1. The van der Waals surface area contributed by atoms with E-state index < -0.39 is 8.80 Å². The summed E-state index contributed by atoms with van der Waals surface area (Å²) in [6, 6.07) is 1.32. The molecule has 0 aromatic rings. The molecular weight excluding hydrogens is 270 g/mol. The van der Waals surface area contributed by atoms with Crippen molar-refractivity contribution in [3.05, 3.63) is 0 Å². The van der Waals surface area contributed by atoms with Crippen molar-refractivity contribution in [3.8, 4) is 0 Å². The van der Waals surface area contributed by atoms with Crippen LogP contribution in [0, 0.1) is 0 Å². The van der Waals surface area contributed by atoms with E-state index in [2.05, 4.69) is 20.8 Å². The highest BCUT2D eigenvalue weighted by molar-refractivity contribution is 6.60. The molecule has 0 aliphatic carbocycles. The second-order valence-corrected chi connectivity index (χ2v) is 7.58. The molecule has 1 atom stereocenters. The van der Waals surface area contributed by atoms with Crippen molar-refractivity contribution in [1.29, 1.82) is 0 Å². The fraction of sp³-hybridized carbons (Fsp3) is 1.00. The predicted octanol–water partition coefficient (Wildman–Crippen LogP) is 3.97. The standard InChI is InChI=1S/C9H22O3Si.C6H15N/c1-5-9-13(10-6-2,11-7-3)12-8-4;1-3-4-5-6(2)7/h5-9H2,1-4H3;6H,3-5,7H2,1-2H3. The minimum atomic E-state index is -2.30. The maximum atomic E-state index is 5.65. The molecule has 4 nitrogen and oxygen atoms in total. The summed E-state index contributed by atoms with van der Waals surface area (Å²) in [6.45, 7) is 14.3. The molecule has 124 valence electrons. The van der Waals surface area contributed by atoms with E-state index in [1.807, 2.05) is 20.8 Å². The molecule has 0 aromatic carbocycles. The third-order valence-electron chi connectivity index (χ3n) is 2.66. The minimum absolute atomic E-state index is 0.403. The van der Waals surface area contributed by atoms with Gasteiger partial charge in [0, 0.05) is 31.9 Å². The summed E-state index contributed by atoms with van der Waals surface area (Å²) in [6.07, 6.45) is 4.77. The minimum Gasteiger partial charge on any atom is -0.374 e. The third-order valence-corrected chi connectivity index (χ3v) is 5.96. The van der Waals surface area contributed by atoms with Crippen LogP contribution in [0.25, 0.3) is 0 Å². The predicted molar refractivity (Wildman–Crippen MR) is 88.9 cm³/mol. The molecule has 5 heteroatoms. The fourth-order valence-corrected chi connectivity index (χ4v) is 4.45. The van der Waals surface area contributed by atoms with E-state index in [1.54, 1.807) is 0 Å². The van der Waals surface area contributed by atoms with Crippen LogP contribution in [0.2, 0.25) is 6.04 Å². The number of unbranched alkanes of at least 4 members (excludes halogenated alkanes) is 1. The van der Waals surface area contributed by atoms with E-state index in [4.69, 9.17) is 19.0 Å². The van der Waals surface area contributed by atoms with Gasteiger partial charge in [-0.05, 0) is 34.1 Å². The van der Waals surface area contributed by atoms with E-state index >= 15 is 0 Å². The lowest BCUT2D eigenvalue weighted by atomic mass is 10.2. The van der Waals surface area contributed by atoms with Gasteiger partial charge in [0.2, 0.25) is 0 Å². The average molecular weight is 308 g/mol. The fourth-order valence-electron chi connectivity index (χ4n) is 1.83. The van der Waals surface area contributed by atoms with E-state index in [9.17, 15) is 0 Å².